The molecule has 1 aromatic heterocycles. The monoisotopic (exact) mass is 232 g/mol. The van der Waals surface area contributed by atoms with Crippen molar-refractivity contribution >= 4 is 11.3 Å². The lowest BCUT2D eigenvalue weighted by Crippen LogP contribution is -2.13. The predicted molar refractivity (Wildman–Crippen MR) is 68.6 cm³/mol. The Morgan fingerprint density at radius 1 is 1.12 bits per heavy atom. The molecular weight excluding hydrogens is 216 g/mol. The summed E-state index contributed by atoms with van der Waals surface area (Å²) >= 11 is 1.76. The van der Waals surface area contributed by atoms with Crippen LogP contribution in [0.25, 0.3) is 0 Å². The molecule has 0 atom stereocenters. The van der Waals surface area contributed by atoms with Crippen molar-refractivity contribution in [2.75, 3.05) is 0 Å². The van der Waals surface area contributed by atoms with Crippen LogP contribution in [0.3, 0.4) is 0 Å². The molecule has 2 nitrogen and oxygen atoms in total. The molecule has 0 unspecified atom stereocenters. The normalized spacial score (nSPS) is 10.6. The fourth-order valence-corrected chi connectivity index (χ4v) is 2.49. The van der Waals surface area contributed by atoms with Crippen LogP contribution in [0.1, 0.15) is 21.1 Å². The van der Waals surface area contributed by atoms with Crippen molar-refractivity contribution in [2.45, 2.75) is 26.9 Å². The Morgan fingerprint density at radius 3 is 2.50 bits per heavy atom. The first-order chi connectivity index (χ1) is 7.75. The molecule has 0 radical (unpaired) electrons. The molecule has 1 aromatic carbocycles. The van der Waals surface area contributed by atoms with Gasteiger partial charge in [-0.05, 0) is 19.4 Å². The predicted octanol–water partition coefficient (Wildman–Crippen LogP) is 3.05. The molecular formula is C13H16N2S. The molecule has 3 heteroatoms. The van der Waals surface area contributed by atoms with Gasteiger partial charge in [0.2, 0.25) is 0 Å². The zero-order chi connectivity index (χ0) is 11.4. The number of aromatic nitrogens is 1. The van der Waals surface area contributed by atoms with E-state index in [1.165, 1.54) is 16.1 Å². The fraction of sp³-hybridized carbons (Fsp3) is 0.308. The van der Waals surface area contributed by atoms with Crippen molar-refractivity contribution in [3.63, 3.8) is 0 Å². The summed E-state index contributed by atoms with van der Waals surface area (Å²) in [6, 6.07) is 10.4. The Hall–Kier alpha value is -1.19. The average molecular weight is 232 g/mol. The topological polar surface area (TPSA) is 24.9 Å². The lowest BCUT2D eigenvalue weighted by Gasteiger charge is -2.03. The summed E-state index contributed by atoms with van der Waals surface area (Å²) in [5.41, 5.74) is 2.49. The lowest BCUT2D eigenvalue weighted by atomic mass is 10.2. The minimum absolute atomic E-state index is 0.852. The maximum Gasteiger partial charge on any atom is 0.0900 e. The molecule has 1 N–H and O–H groups in total. The van der Waals surface area contributed by atoms with Crippen molar-refractivity contribution in [2.24, 2.45) is 0 Å². The van der Waals surface area contributed by atoms with Crippen LogP contribution >= 0.6 is 11.3 Å². The van der Waals surface area contributed by atoms with Crippen LogP contribution in [0.2, 0.25) is 0 Å². The van der Waals surface area contributed by atoms with E-state index in [1.807, 2.05) is 6.07 Å². The van der Waals surface area contributed by atoms with E-state index < -0.39 is 0 Å². The van der Waals surface area contributed by atoms with Crippen LogP contribution in [0.4, 0.5) is 0 Å². The van der Waals surface area contributed by atoms with Gasteiger partial charge in [-0.2, -0.15) is 0 Å². The summed E-state index contributed by atoms with van der Waals surface area (Å²) in [6.45, 7) is 5.94. The molecule has 0 spiro atoms. The zero-order valence-corrected chi connectivity index (χ0v) is 10.5. The van der Waals surface area contributed by atoms with Crippen LogP contribution in [0.15, 0.2) is 30.3 Å². The van der Waals surface area contributed by atoms with Crippen LogP contribution in [0, 0.1) is 13.8 Å². The molecule has 84 valence electrons. The van der Waals surface area contributed by atoms with Gasteiger partial charge in [-0.1, -0.05) is 30.3 Å². The summed E-state index contributed by atoms with van der Waals surface area (Å²) in [5.74, 6) is 0. The molecule has 1 heterocycles. The second kappa shape index (κ2) is 5.23. The van der Waals surface area contributed by atoms with Gasteiger partial charge in [0.25, 0.3) is 0 Å². The quantitative estimate of drug-likeness (QED) is 0.876. The van der Waals surface area contributed by atoms with Crippen molar-refractivity contribution in [1.82, 2.24) is 10.3 Å². The number of nitrogens with zero attached hydrogens (tertiary/aromatic N) is 1. The van der Waals surface area contributed by atoms with Crippen LogP contribution in [-0.2, 0) is 13.1 Å². The number of aryl methyl sites for hydroxylation is 2. The summed E-state index contributed by atoms with van der Waals surface area (Å²) in [5, 5.41) is 4.56. The third kappa shape index (κ3) is 2.90. The molecule has 0 saturated heterocycles. The third-order valence-corrected chi connectivity index (χ3v) is 3.39. The van der Waals surface area contributed by atoms with E-state index in [4.69, 9.17) is 0 Å². The van der Waals surface area contributed by atoms with Crippen molar-refractivity contribution in [1.29, 1.82) is 0 Å². The first-order valence-electron chi connectivity index (χ1n) is 5.43. The second-order valence-corrected chi connectivity index (χ2v) is 5.23. The number of hydrogen-bond donors (Lipinski definition) is 1. The van der Waals surface area contributed by atoms with Gasteiger partial charge < -0.3 is 5.32 Å². The summed E-state index contributed by atoms with van der Waals surface area (Å²) in [4.78, 5) is 5.82. The zero-order valence-electron chi connectivity index (χ0n) is 9.66. The van der Waals surface area contributed by atoms with Gasteiger partial charge >= 0.3 is 0 Å². The highest BCUT2D eigenvalue weighted by molar-refractivity contribution is 7.11. The Morgan fingerprint density at radius 2 is 1.88 bits per heavy atom. The number of benzene rings is 1. The highest BCUT2D eigenvalue weighted by Gasteiger charge is 2.03. The van der Waals surface area contributed by atoms with Gasteiger partial charge in [-0.3, -0.25) is 0 Å². The van der Waals surface area contributed by atoms with E-state index >= 15 is 0 Å². The maximum absolute atomic E-state index is 4.50. The molecule has 0 aliphatic rings. The number of nitrogens with one attached hydrogen (secondary N) is 1. The Balaban J connectivity index is 1.87. The smallest absolute Gasteiger partial charge is 0.0900 e. The van der Waals surface area contributed by atoms with E-state index in [0.29, 0.717) is 0 Å². The number of rotatable bonds is 4. The SMILES string of the molecule is Cc1nc(CNCc2ccccc2)c(C)s1. The van der Waals surface area contributed by atoms with E-state index in [-0.39, 0.29) is 0 Å². The standard InChI is InChI=1S/C13H16N2S/c1-10-13(15-11(2)16-10)9-14-8-12-6-4-3-5-7-12/h3-7,14H,8-9H2,1-2H3. The Kier molecular flexibility index (Phi) is 3.70. The van der Waals surface area contributed by atoms with Gasteiger partial charge in [0.1, 0.15) is 0 Å². The van der Waals surface area contributed by atoms with Crippen molar-refractivity contribution in [3.8, 4) is 0 Å². The number of hydrogen-bond acceptors (Lipinski definition) is 3. The van der Waals surface area contributed by atoms with E-state index in [1.54, 1.807) is 11.3 Å². The Labute approximate surface area is 100 Å². The third-order valence-electron chi connectivity index (χ3n) is 2.46. The molecule has 16 heavy (non-hydrogen) atoms. The van der Waals surface area contributed by atoms with Crippen LogP contribution in [-0.4, -0.2) is 4.98 Å². The molecule has 0 saturated carbocycles. The lowest BCUT2D eigenvalue weighted by molar-refractivity contribution is 0.679. The second-order valence-electron chi connectivity index (χ2n) is 3.82. The van der Waals surface area contributed by atoms with Crippen LogP contribution in [0.5, 0.6) is 0 Å². The average Bonchev–Trinajstić information content (AvgIpc) is 2.59. The maximum atomic E-state index is 4.50. The van der Waals surface area contributed by atoms with Gasteiger partial charge in [0.05, 0.1) is 10.7 Å². The first-order valence-corrected chi connectivity index (χ1v) is 6.25. The minimum Gasteiger partial charge on any atom is -0.307 e. The van der Waals surface area contributed by atoms with Crippen molar-refractivity contribution in [3.05, 3.63) is 51.5 Å². The molecule has 0 aliphatic carbocycles. The molecule has 0 aliphatic heterocycles. The van der Waals surface area contributed by atoms with Gasteiger partial charge in [-0.25, -0.2) is 4.98 Å². The summed E-state index contributed by atoms with van der Waals surface area (Å²) in [6.07, 6.45) is 0. The van der Waals surface area contributed by atoms with Crippen molar-refractivity contribution < 1.29 is 0 Å². The van der Waals surface area contributed by atoms with Crippen LogP contribution < -0.4 is 5.32 Å². The summed E-state index contributed by atoms with van der Waals surface area (Å²) in [7, 11) is 0. The van der Waals surface area contributed by atoms with Gasteiger partial charge in [0, 0.05) is 18.0 Å². The minimum atomic E-state index is 0.852. The first kappa shape index (κ1) is 11.3. The Bertz CT molecular complexity index is 448. The fourth-order valence-electron chi connectivity index (χ4n) is 1.66. The highest BCUT2D eigenvalue weighted by Crippen LogP contribution is 2.16. The summed E-state index contributed by atoms with van der Waals surface area (Å²) < 4.78 is 0. The van der Waals surface area contributed by atoms with E-state index in [2.05, 4.69) is 48.4 Å². The highest BCUT2D eigenvalue weighted by atomic mass is 32.1. The molecule has 2 aromatic rings. The van der Waals surface area contributed by atoms with E-state index in [0.717, 1.165) is 18.1 Å². The molecule has 0 amide bonds. The van der Waals surface area contributed by atoms with Gasteiger partial charge in [0.15, 0.2) is 0 Å². The molecule has 2 rings (SSSR count). The molecule has 0 fully saturated rings. The number of thiazole rings is 1. The largest absolute Gasteiger partial charge is 0.307 e. The van der Waals surface area contributed by atoms with Gasteiger partial charge in [-0.15, -0.1) is 11.3 Å². The van der Waals surface area contributed by atoms with E-state index in [9.17, 15) is 0 Å². The molecule has 0 bridgehead atoms.